The molecule has 0 atom stereocenters. The zero-order valence-corrected chi connectivity index (χ0v) is 10.8. The molecule has 112 valence electrons. The van der Waals surface area contributed by atoms with Crippen molar-refractivity contribution in [3.8, 4) is 5.75 Å². The molecule has 0 spiro atoms. The number of pyridine rings is 1. The van der Waals surface area contributed by atoms with Crippen molar-refractivity contribution in [3.05, 3.63) is 40.2 Å². The van der Waals surface area contributed by atoms with Gasteiger partial charge in [-0.2, -0.15) is 13.2 Å². The van der Waals surface area contributed by atoms with Gasteiger partial charge in [0, 0.05) is 11.5 Å². The van der Waals surface area contributed by atoms with Gasteiger partial charge in [-0.15, -0.1) is 0 Å². The minimum atomic E-state index is -4.46. The SMILES string of the molecule is COC(=O)c1cc(=O)c2cc(OCC(F)(F)F)ccc2[nH]1. The highest BCUT2D eigenvalue weighted by molar-refractivity contribution is 5.91. The molecule has 1 aromatic heterocycles. The summed E-state index contributed by atoms with van der Waals surface area (Å²) in [6.07, 6.45) is -4.46. The van der Waals surface area contributed by atoms with Crippen LogP contribution in [0, 0.1) is 0 Å². The van der Waals surface area contributed by atoms with E-state index in [1.807, 2.05) is 0 Å². The lowest BCUT2D eigenvalue weighted by Gasteiger charge is -2.10. The summed E-state index contributed by atoms with van der Waals surface area (Å²) in [6, 6.07) is 4.82. The fourth-order valence-corrected chi connectivity index (χ4v) is 1.70. The Hall–Kier alpha value is -2.51. The van der Waals surface area contributed by atoms with E-state index in [2.05, 4.69) is 14.5 Å². The van der Waals surface area contributed by atoms with E-state index in [0.29, 0.717) is 5.52 Å². The number of esters is 1. The minimum Gasteiger partial charge on any atom is -0.484 e. The largest absolute Gasteiger partial charge is 0.484 e. The normalized spacial score (nSPS) is 11.4. The number of alkyl halides is 3. The molecule has 5 nitrogen and oxygen atoms in total. The number of fused-ring (bicyclic) bond motifs is 1. The number of nitrogens with one attached hydrogen (secondary N) is 1. The quantitative estimate of drug-likeness (QED) is 0.883. The maximum absolute atomic E-state index is 12.1. The van der Waals surface area contributed by atoms with Crippen molar-refractivity contribution < 1.29 is 27.4 Å². The smallest absolute Gasteiger partial charge is 0.422 e. The summed E-state index contributed by atoms with van der Waals surface area (Å²) >= 11 is 0. The van der Waals surface area contributed by atoms with Crippen LogP contribution >= 0.6 is 0 Å². The molecule has 0 amide bonds. The van der Waals surface area contributed by atoms with Crippen LogP contribution < -0.4 is 10.2 Å². The lowest BCUT2D eigenvalue weighted by molar-refractivity contribution is -0.153. The average Bonchev–Trinajstić information content (AvgIpc) is 2.43. The zero-order chi connectivity index (χ0) is 15.6. The number of hydrogen-bond donors (Lipinski definition) is 1. The Morgan fingerprint density at radius 2 is 2.00 bits per heavy atom. The van der Waals surface area contributed by atoms with Gasteiger partial charge in [0.25, 0.3) is 0 Å². The highest BCUT2D eigenvalue weighted by Gasteiger charge is 2.28. The van der Waals surface area contributed by atoms with Crippen LogP contribution in [0.25, 0.3) is 10.9 Å². The van der Waals surface area contributed by atoms with E-state index in [-0.39, 0.29) is 16.8 Å². The maximum Gasteiger partial charge on any atom is 0.422 e. The van der Waals surface area contributed by atoms with Crippen LogP contribution in [0.4, 0.5) is 13.2 Å². The van der Waals surface area contributed by atoms with Gasteiger partial charge in [-0.3, -0.25) is 4.79 Å². The number of methoxy groups -OCH3 is 1. The molecule has 1 aromatic carbocycles. The molecule has 1 N–H and O–H groups in total. The van der Waals surface area contributed by atoms with Crippen molar-refractivity contribution in [2.75, 3.05) is 13.7 Å². The van der Waals surface area contributed by atoms with E-state index in [0.717, 1.165) is 6.07 Å². The second-order valence-electron chi connectivity index (χ2n) is 4.15. The first kappa shape index (κ1) is 14.9. The molecule has 0 fully saturated rings. The third kappa shape index (κ3) is 3.53. The highest BCUT2D eigenvalue weighted by Crippen LogP contribution is 2.21. The number of ether oxygens (including phenoxy) is 2. The van der Waals surface area contributed by atoms with Gasteiger partial charge < -0.3 is 14.5 Å². The number of halogens is 3. The number of rotatable bonds is 3. The Balaban J connectivity index is 2.38. The Bertz CT molecular complexity index is 736. The summed E-state index contributed by atoms with van der Waals surface area (Å²) < 4.78 is 45.3. The van der Waals surface area contributed by atoms with Crippen molar-refractivity contribution in [1.29, 1.82) is 0 Å². The van der Waals surface area contributed by atoms with Gasteiger partial charge in [0.05, 0.1) is 12.6 Å². The lowest BCUT2D eigenvalue weighted by Crippen LogP contribution is -2.19. The zero-order valence-electron chi connectivity index (χ0n) is 10.8. The van der Waals surface area contributed by atoms with Gasteiger partial charge in [-0.1, -0.05) is 0 Å². The fourth-order valence-electron chi connectivity index (χ4n) is 1.70. The van der Waals surface area contributed by atoms with Crippen LogP contribution in [-0.2, 0) is 4.74 Å². The van der Waals surface area contributed by atoms with E-state index in [1.165, 1.54) is 25.3 Å². The van der Waals surface area contributed by atoms with Gasteiger partial charge in [-0.05, 0) is 18.2 Å². The first-order valence-electron chi connectivity index (χ1n) is 5.75. The van der Waals surface area contributed by atoms with Crippen molar-refractivity contribution in [2.24, 2.45) is 0 Å². The molecule has 0 saturated carbocycles. The minimum absolute atomic E-state index is 0.0426. The second kappa shape index (κ2) is 5.47. The molecule has 21 heavy (non-hydrogen) atoms. The third-order valence-electron chi connectivity index (χ3n) is 2.61. The van der Waals surface area contributed by atoms with Crippen molar-refractivity contribution >= 4 is 16.9 Å². The number of aromatic nitrogens is 1. The molecule has 2 rings (SSSR count). The van der Waals surface area contributed by atoms with Crippen LogP contribution in [-0.4, -0.2) is 30.8 Å². The summed E-state index contributed by atoms with van der Waals surface area (Å²) in [5.74, 6) is -0.803. The van der Waals surface area contributed by atoms with E-state index < -0.39 is 24.2 Å². The molecule has 0 aliphatic heterocycles. The molecule has 0 radical (unpaired) electrons. The Morgan fingerprint density at radius 1 is 1.29 bits per heavy atom. The van der Waals surface area contributed by atoms with Crippen LogP contribution in [0.5, 0.6) is 5.75 Å². The van der Waals surface area contributed by atoms with Crippen molar-refractivity contribution in [2.45, 2.75) is 6.18 Å². The number of benzene rings is 1. The number of carbonyl (C=O) groups excluding carboxylic acids is 1. The van der Waals surface area contributed by atoms with Crippen LogP contribution in [0.2, 0.25) is 0 Å². The van der Waals surface area contributed by atoms with Gasteiger partial charge >= 0.3 is 12.1 Å². The Kier molecular flexibility index (Phi) is 3.88. The van der Waals surface area contributed by atoms with Crippen molar-refractivity contribution in [1.82, 2.24) is 4.98 Å². The Labute approximate surface area is 116 Å². The summed E-state index contributed by atoms with van der Waals surface area (Å²) in [4.78, 5) is 25.9. The van der Waals surface area contributed by atoms with Crippen LogP contribution in [0.3, 0.4) is 0 Å². The number of carbonyl (C=O) groups is 1. The molecule has 0 aliphatic rings. The molecule has 2 aromatic rings. The molecular weight excluding hydrogens is 291 g/mol. The summed E-state index contributed by atoms with van der Waals surface area (Å²) in [5.41, 5.74) is -0.275. The monoisotopic (exact) mass is 301 g/mol. The predicted octanol–water partition coefficient (Wildman–Crippen LogP) is 2.26. The van der Waals surface area contributed by atoms with Gasteiger partial charge in [0.1, 0.15) is 11.4 Å². The summed E-state index contributed by atoms with van der Waals surface area (Å²) in [6.45, 7) is -1.45. The Morgan fingerprint density at radius 3 is 2.62 bits per heavy atom. The molecule has 8 heteroatoms. The average molecular weight is 301 g/mol. The number of aromatic amines is 1. The molecule has 0 saturated heterocycles. The van der Waals surface area contributed by atoms with Gasteiger partial charge in [0.2, 0.25) is 0 Å². The predicted molar refractivity (Wildman–Crippen MR) is 67.5 cm³/mol. The molecule has 0 aliphatic carbocycles. The van der Waals surface area contributed by atoms with E-state index in [9.17, 15) is 22.8 Å². The molecule has 1 heterocycles. The summed E-state index contributed by atoms with van der Waals surface area (Å²) in [5, 5.41) is 0.113. The number of H-pyrrole nitrogens is 1. The van der Waals surface area contributed by atoms with E-state index in [1.54, 1.807) is 0 Å². The topological polar surface area (TPSA) is 68.4 Å². The van der Waals surface area contributed by atoms with Crippen LogP contribution in [0.1, 0.15) is 10.5 Å². The molecule has 0 unspecified atom stereocenters. The first-order valence-corrected chi connectivity index (χ1v) is 5.75. The standard InChI is InChI=1S/C13H10F3NO4/c1-20-12(19)10-5-11(18)8-4-7(2-3-9(8)17-10)21-6-13(14,15)16/h2-5H,6H2,1H3,(H,17,18). The molecule has 0 bridgehead atoms. The number of hydrogen-bond acceptors (Lipinski definition) is 4. The lowest BCUT2D eigenvalue weighted by atomic mass is 10.2. The maximum atomic E-state index is 12.1. The summed E-state index contributed by atoms with van der Waals surface area (Å²) in [7, 11) is 1.17. The first-order chi connectivity index (χ1) is 9.80. The molecular formula is C13H10F3NO4. The van der Waals surface area contributed by atoms with Crippen molar-refractivity contribution in [3.63, 3.8) is 0 Å². The fraction of sp³-hybridized carbons (Fsp3) is 0.231. The van der Waals surface area contributed by atoms with Gasteiger partial charge in [-0.25, -0.2) is 4.79 Å². The van der Waals surface area contributed by atoms with E-state index in [4.69, 9.17) is 0 Å². The van der Waals surface area contributed by atoms with Crippen LogP contribution in [0.15, 0.2) is 29.1 Å². The van der Waals surface area contributed by atoms with E-state index >= 15 is 0 Å². The second-order valence-corrected chi connectivity index (χ2v) is 4.15. The van der Waals surface area contributed by atoms with Gasteiger partial charge in [0.15, 0.2) is 12.0 Å². The third-order valence-corrected chi connectivity index (χ3v) is 2.61. The highest BCUT2D eigenvalue weighted by atomic mass is 19.4.